The average Bonchev–Trinajstić information content (AvgIpc) is 2.39. The largest absolute Gasteiger partial charge is 0.376 e. The summed E-state index contributed by atoms with van der Waals surface area (Å²) in [6.45, 7) is 0. The van der Waals surface area contributed by atoms with E-state index in [0.717, 1.165) is 5.69 Å². The zero-order valence-corrected chi connectivity index (χ0v) is 10.8. The van der Waals surface area contributed by atoms with Crippen LogP contribution in [0.4, 0.5) is 11.4 Å². The Kier molecular flexibility index (Phi) is 3.66. The van der Waals surface area contributed by atoms with E-state index in [1.807, 2.05) is 43.3 Å². The van der Waals surface area contributed by atoms with Crippen LogP contribution in [-0.2, 0) is 0 Å². The molecule has 1 amide bonds. The molecule has 0 aliphatic rings. The molecule has 1 aromatic heterocycles. The van der Waals surface area contributed by atoms with Gasteiger partial charge in [-0.05, 0) is 18.2 Å². The van der Waals surface area contributed by atoms with Crippen LogP contribution in [0.2, 0.25) is 0 Å². The standard InChI is InChI=1S/C14H15N3O2/c1-17(2)12-6-4-3-5-11(12)16-14(19)10-7-8-15-13(18)9-10/h3-9H,1-2H3,(H,15,18)(H,16,19). The number of H-pyrrole nitrogens is 1. The van der Waals surface area contributed by atoms with Gasteiger partial charge >= 0.3 is 0 Å². The van der Waals surface area contributed by atoms with Crippen molar-refractivity contribution in [2.24, 2.45) is 0 Å². The topological polar surface area (TPSA) is 65.2 Å². The van der Waals surface area contributed by atoms with Crippen molar-refractivity contribution in [3.05, 3.63) is 58.5 Å². The van der Waals surface area contributed by atoms with Gasteiger partial charge in [0.2, 0.25) is 5.56 Å². The highest BCUT2D eigenvalue weighted by atomic mass is 16.2. The van der Waals surface area contributed by atoms with Crippen molar-refractivity contribution in [2.75, 3.05) is 24.3 Å². The van der Waals surface area contributed by atoms with Gasteiger partial charge in [-0.1, -0.05) is 12.1 Å². The lowest BCUT2D eigenvalue weighted by Gasteiger charge is -2.17. The minimum atomic E-state index is -0.305. The number of carbonyl (C=O) groups is 1. The third-order valence-electron chi connectivity index (χ3n) is 2.67. The molecule has 0 saturated heterocycles. The maximum absolute atomic E-state index is 12.1. The molecule has 0 radical (unpaired) electrons. The van der Waals surface area contributed by atoms with Gasteiger partial charge in [0.25, 0.3) is 5.91 Å². The Morgan fingerprint density at radius 1 is 1.21 bits per heavy atom. The highest BCUT2D eigenvalue weighted by molar-refractivity contribution is 6.05. The molecule has 5 nitrogen and oxygen atoms in total. The first-order chi connectivity index (χ1) is 9.08. The number of para-hydroxylation sites is 2. The zero-order chi connectivity index (χ0) is 13.8. The van der Waals surface area contributed by atoms with E-state index >= 15 is 0 Å². The van der Waals surface area contributed by atoms with E-state index in [9.17, 15) is 9.59 Å². The number of pyridine rings is 1. The number of carbonyl (C=O) groups excluding carboxylic acids is 1. The first kappa shape index (κ1) is 12.9. The summed E-state index contributed by atoms with van der Waals surface area (Å²) in [5.74, 6) is -0.305. The molecule has 0 saturated carbocycles. The van der Waals surface area contributed by atoms with E-state index in [1.54, 1.807) is 6.07 Å². The van der Waals surface area contributed by atoms with Crippen LogP contribution in [0.25, 0.3) is 0 Å². The molecule has 0 unspecified atom stereocenters. The fraction of sp³-hybridized carbons (Fsp3) is 0.143. The lowest BCUT2D eigenvalue weighted by Crippen LogP contribution is -2.18. The molecule has 19 heavy (non-hydrogen) atoms. The molecule has 5 heteroatoms. The summed E-state index contributed by atoms with van der Waals surface area (Å²) in [6.07, 6.45) is 1.45. The number of nitrogens with one attached hydrogen (secondary N) is 2. The number of benzene rings is 1. The maximum atomic E-state index is 12.1. The molecule has 0 atom stereocenters. The lowest BCUT2D eigenvalue weighted by atomic mass is 10.2. The molecule has 0 spiro atoms. The van der Waals surface area contributed by atoms with Gasteiger partial charge in [0, 0.05) is 31.9 Å². The predicted octanol–water partition coefficient (Wildman–Crippen LogP) is 1.69. The van der Waals surface area contributed by atoms with Crippen LogP contribution in [0.15, 0.2) is 47.4 Å². The van der Waals surface area contributed by atoms with Crippen LogP contribution in [0.5, 0.6) is 0 Å². The van der Waals surface area contributed by atoms with Gasteiger partial charge in [-0.3, -0.25) is 9.59 Å². The number of hydrogen-bond donors (Lipinski definition) is 2. The summed E-state index contributed by atoms with van der Waals surface area (Å²) < 4.78 is 0. The number of anilines is 2. The Labute approximate surface area is 110 Å². The number of aromatic nitrogens is 1. The van der Waals surface area contributed by atoms with Crippen molar-refractivity contribution in [1.82, 2.24) is 4.98 Å². The smallest absolute Gasteiger partial charge is 0.255 e. The van der Waals surface area contributed by atoms with E-state index in [0.29, 0.717) is 11.3 Å². The second-order valence-electron chi connectivity index (χ2n) is 4.31. The summed E-state index contributed by atoms with van der Waals surface area (Å²) in [7, 11) is 3.80. The molecule has 0 fully saturated rings. The van der Waals surface area contributed by atoms with E-state index in [2.05, 4.69) is 10.3 Å². The van der Waals surface area contributed by atoms with E-state index in [4.69, 9.17) is 0 Å². The van der Waals surface area contributed by atoms with Gasteiger partial charge in [-0.25, -0.2) is 0 Å². The Bertz CT molecular complexity index is 647. The molecule has 98 valence electrons. The third kappa shape index (κ3) is 3.01. The molecule has 2 N–H and O–H groups in total. The number of rotatable bonds is 3. The van der Waals surface area contributed by atoms with Gasteiger partial charge in [0.05, 0.1) is 11.4 Å². The van der Waals surface area contributed by atoms with Gasteiger partial charge in [0.15, 0.2) is 0 Å². The molecule has 2 rings (SSSR count). The van der Waals surface area contributed by atoms with Crippen LogP contribution in [0, 0.1) is 0 Å². The van der Waals surface area contributed by atoms with Crippen LogP contribution >= 0.6 is 0 Å². The van der Waals surface area contributed by atoms with E-state index < -0.39 is 0 Å². The monoisotopic (exact) mass is 257 g/mol. The second-order valence-corrected chi connectivity index (χ2v) is 4.31. The first-order valence-corrected chi connectivity index (χ1v) is 5.84. The van der Waals surface area contributed by atoms with Crippen molar-refractivity contribution >= 4 is 17.3 Å². The van der Waals surface area contributed by atoms with Crippen molar-refractivity contribution < 1.29 is 4.79 Å². The van der Waals surface area contributed by atoms with Crippen molar-refractivity contribution in [1.29, 1.82) is 0 Å². The number of nitrogens with zero attached hydrogens (tertiary/aromatic N) is 1. The summed E-state index contributed by atoms with van der Waals surface area (Å²) in [6, 6.07) is 10.3. The minimum Gasteiger partial charge on any atom is -0.376 e. The van der Waals surface area contributed by atoms with Crippen LogP contribution in [-0.4, -0.2) is 25.0 Å². The highest BCUT2D eigenvalue weighted by Gasteiger charge is 2.10. The molecule has 0 aliphatic carbocycles. The molecule has 0 bridgehead atoms. The van der Waals surface area contributed by atoms with Crippen LogP contribution in [0.1, 0.15) is 10.4 Å². The molecule has 1 heterocycles. The van der Waals surface area contributed by atoms with Crippen molar-refractivity contribution in [2.45, 2.75) is 0 Å². The number of aromatic amines is 1. The van der Waals surface area contributed by atoms with Gasteiger partial charge in [-0.2, -0.15) is 0 Å². The third-order valence-corrected chi connectivity index (χ3v) is 2.67. The van der Waals surface area contributed by atoms with Gasteiger partial charge < -0.3 is 15.2 Å². The lowest BCUT2D eigenvalue weighted by molar-refractivity contribution is 0.102. The molecular formula is C14H15N3O2. The number of hydrogen-bond acceptors (Lipinski definition) is 3. The maximum Gasteiger partial charge on any atom is 0.255 e. The molecule has 1 aromatic carbocycles. The van der Waals surface area contributed by atoms with Crippen molar-refractivity contribution in [3.8, 4) is 0 Å². The Morgan fingerprint density at radius 3 is 2.63 bits per heavy atom. The predicted molar refractivity (Wildman–Crippen MR) is 75.8 cm³/mol. The Hall–Kier alpha value is -2.56. The Balaban J connectivity index is 2.27. The molecule has 0 aliphatic heterocycles. The van der Waals surface area contributed by atoms with E-state index in [-0.39, 0.29) is 11.5 Å². The normalized spacial score (nSPS) is 10.0. The summed E-state index contributed by atoms with van der Waals surface area (Å²) in [5.41, 5.74) is 1.64. The fourth-order valence-corrected chi connectivity index (χ4v) is 1.75. The van der Waals surface area contributed by atoms with Crippen LogP contribution < -0.4 is 15.8 Å². The fourth-order valence-electron chi connectivity index (χ4n) is 1.75. The summed E-state index contributed by atoms with van der Waals surface area (Å²) in [5, 5.41) is 2.80. The van der Waals surface area contributed by atoms with Gasteiger partial charge in [-0.15, -0.1) is 0 Å². The average molecular weight is 257 g/mol. The van der Waals surface area contributed by atoms with Gasteiger partial charge in [0.1, 0.15) is 0 Å². The van der Waals surface area contributed by atoms with Crippen LogP contribution in [0.3, 0.4) is 0 Å². The zero-order valence-electron chi connectivity index (χ0n) is 10.8. The van der Waals surface area contributed by atoms with E-state index in [1.165, 1.54) is 12.3 Å². The summed E-state index contributed by atoms with van der Waals surface area (Å²) >= 11 is 0. The SMILES string of the molecule is CN(C)c1ccccc1NC(=O)c1cc[nH]c(=O)c1. The summed E-state index contributed by atoms with van der Waals surface area (Å²) in [4.78, 5) is 27.6. The minimum absolute atomic E-state index is 0.298. The quantitative estimate of drug-likeness (QED) is 0.879. The molecular weight excluding hydrogens is 242 g/mol. The highest BCUT2D eigenvalue weighted by Crippen LogP contribution is 2.23. The molecule has 2 aromatic rings. The first-order valence-electron chi connectivity index (χ1n) is 5.84. The second kappa shape index (κ2) is 5.39. The number of amides is 1. The Morgan fingerprint density at radius 2 is 1.95 bits per heavy atom. The van der Waals surface area contributed by atoms with Crippen molar-refractivity contribution in [3.63, 3.8) is 0 Å².